The van der Waals surface area contributed by atoms with Crippen molar-refractivity contribution in [2.45, 2.75) is 32.7 Å². The molecular formula is C16H23NOS. The molecule has 2 nitrogen and oxygen atoms in total. The van der Waals surface area contributed by atoms with Crippen LogP contribution in [0, 0.1) is 0 Å². The Morgan fingerprint density at radius 3 is 2.89 bits per heavy atom. The maximum atomic E-state index is 5.59. The molecule has 0 aliphatic heterocycles. The molecule has 2 rings (SSSR count). The van der Waals surface area contributed by atoms with Gasteiger partial charge >= 0.3 is 0 Å². The van der Waals surface area contributed by atoms with Crippen molar-refractivity contribution in [3.8, 4) is 0 Å². The summed E-state index contributed by atoms with van der Waals surface area (Å²) in [5, 5.41) is 7.27. The van der Waals surface area contributed by atoms with Gasteiger partial charge in [0.15, 0.2) is 0 Å². The maximum Gasteiger partial charge on any atom is 0.0622 e. The van der Waals surface area contributed by atoms with E-state index in [0.717, 1.165) is 32.6 Å². The van der Waals surface area contributed by atoms with E-state index in [9.17, 15) is 0 Å². The second kappa shape index (κ2) is 7.63. The smallest absolute Gasteiger partial charge is 0.0622 e. The van der Waals surface area contributed by atoms with E-state index < -0.39 is 0 Å². The number of thiophene rings is 1. The third kappa shape index (κ3) is 4.03. The summed E-state index contributed by atoms with van der Waals surface area (Å²) in [5.74, 6) is 0. The highest BCUT2D eigenvalue weighted by atomic mass is 32.1. The first-order valence-corrected chi connectivity index (χ1v) is 7.99. The van der Waals surface area contributed by atoms with Gasteiger partial charge in [-0.2, -0.15) is 0 Å². The van der Waals surface area contributed by atoms with Crippen molar-refractivity contribution in [1.29, 1.82) is 0 Å². The van der Waals surface area contributed by atoms with Gasteiger partial charge in [0.05, 0.1) is 6.61 Å². The predicted octanol–water partition coefficient (Wildman–Crippen LogP) is 3.85. The van der Waals surface area contributed by atoms with Gasteiger partial charge in [-0.3, -0.25) is 0 Å². The lowest BCUT2D eigenvalue weighted by molar-refractivity contribution is 0.123. The third-order valence-electron chi connectivity index (χ3n) is 3.23. The van der Waals surface area contributed by atoms with Crippen LogP contribution < -0.4 is 5.32 Å². The van der Waals surface area contributed by atoms with Gasteiger partial charge in [-0.25, -0.2) is 0 Å². The van der Waals surface area contributed by atoms with E-state index >= 15 is 0 Å². The summed E-state index contributed by atoms with van der Waals surface area (Å²) < 4.78 is 6.97. The van der Waals surface area contributed by atoms with Crippen LogP contribution in [-0.2, 0) is 11.2 Å². The fourth-order valence-electron chi connectivity index (χ4n) is 2.25. The van der Waals surface area contributed by atoms with Gasteiger partial charge in [-0.1, -0.05) is 25.1 Å². The number of nitrogens with one attached hydrogen (secondary N) is 1. The Morgan fingerprint density at radius 1 is 1.26 bits per heavy atom. The Morgan fingerprint density at radius 2 is 2.11 bits per heavy atom. The number of hydrogen-bond acceptors (Lipinski definition) is 3. The molecule has 1 aromatic carbocycles. The molecule has 0 aliphatic rings. The number of rotatable bonds is 8. The first kappa shape index (κ1) is 14.5. The molecular weight excluding hydrogens is 254 g/mol. The molecule has 0 amide bonds. The summed E-state index contributed by atoms with van der Waals surface area (Å²) in [7, 11) is 0. The van der Waals surface area contributed by atoms with Crippen LogP contribution in [0.3, 0.4) is 0 Å². The molecule has 2 aromatic rings. The van der Waals surface area contributed by atoms with Gasteiger partial charge in [-0.05, 0) is 48.7 Å². The minimum atomic E-state index is 0.415. The Labute approximate surface area is 119 Å². The van der Waals surface area contributed by atoms with E-state index in [1.165, 1.54) is 15.6 Å². The quantitative estimate of drug-likeness (QED) is 0.791. The second-order valence-corrected chi connectivity index (χ2v) is 5.68. The molecule has 0 fully saturated rings. The van der Waals surface area contributed by atoms with Gasteiger partial charge in [0.25, 0.3) is 0 Å². The number of fused-ring (bicyclic) bond motifs is 1. The first-order chi connectivity index (χ1) is 9.35. The molecule has 104 valence electrons. The van der Waals surface area contributed by atoms with Crippen LogP contribution in [0.2, 0.25) is 0 Å². The standard InChI is InChI=1S/C16H23NOS/c1-3-9-17-14(11-18-4-2)10-13-12-19-16-8-6-5-7-15(13)16/h5-8,12,14,17H,3-4,9-11H2,1-2H3. The number of benzene rings is 1. The molecule has 19 heavy (non-hydrogen) atoms. The van der Waals surface area contributed by atoms with Crippen LogP contribution in [-0.4, -0.2) is 25.8 Å². The Kier molecular flexibility index (Phi) is 5.83. The Bertz CT molecular complexity index is 486. The zero-order valence-corrected chi connectivity index (χ0v) is 12.6. The number of ether oxygens (including phenoxy) is 1. The molecule has 0 radical (unpaired) electrons. The van der Waals surface area contributed by atoms with Crippen molar-refractivity contribution >= 4 is 21.4 Å². The average molecular weight is 277 g/mol. The zero-order chi connectivity index (χ0) is 13.5. The van der Waals surface area contributed by atoms with E-state index in [1.54, 1.807) is 0 Å². The molecule has 0 bridgehead atoms. The van der Waals surface area contributed by atoms with Crippen molar-refractivity contribution in [3.05, 3.63) is 35.2 Å². The minimum absolute atomic E-state index is 0.415. The topological polar surface area (TPSA) is 21.3 Å². The van der Waals surface area contributed by atoms with E-state index in [2.05, 4.69) is 48.8 Å². The van der Waals surface area contributed by atoms with Crippen molar-refractivity contribution < 1.29 is 4.74 Å². The molecule has 1 atom stereocenters. The van der Waals surface area contributed by atoms with Crippen LogP contribution in [0.15, 0.2) is 29.6 Å². The van der Waals surface area contributed by atoms with Crippen LogP contribution in [0.1, 0.15) is 25.8 Å². The molecule has 1 aromatic heterocycles. The van der Waals surface area contributed by atoms with Crippen LogP contribution in [0.4, 0.5) is 0 Å². The summed E-state index contributed by atoms with van der Waals surface area (Å²) in [4.78, 5) is 0. The minimum Gasteiger partial charge on any atom is -0.380 e. The molecule has 1 unspecified atom stereocenters. The normalized spacial score (nSPS) is 12.9. The van der Waals surface area contributed by atoms with Crippen LogP contribution in [0.5, 0.6) is 0 Å². The summed E-state index contributed by atoms with van der Waals surface area (Å²) >= 11 is 1.84. The van der Waals surface area contributed by atoms with Crippen LogP contribution in [0.25, 0.3) is 10.1 Å². The third-order valence-corrected chi connectivity index (χ3v) is 4.25. The highest BCUT2D eigenvalue weighted by molar-refractivity contribution is 7.17. The average Bonchev–Trinajstić information content (AvgIpc) is 2.85. The summed E-state index contributed by atoms with van der Waals surface area (Å²) in [6, 6.07) is 9.06. The zero-order valence-electron chi connectivity index (χ0n) is 11.8. The fraction of sp³-hybridized carbons (Fsp3) is 0.500. The summed E-state index contributed by atoms with van der Waals surface area (Å²) in [6.07, 6.45) is 2.21. The van der Waals surface area contributed by atoms with Crippen molar-refractivity contribution in [1.82, 2.24) is 5.32 Å². The fourth-order valence-corrected chi connectivity index (χ4v) is 3.23. The van der Waals surface area contributed by atoms with E-state index in [4.69, 9.17) is 4.74 Å². The Balaban J connectivity index is 2.06. The van der Waals surface area contributed by atoms with Gasteiger partial charge in [-0.15, -0.1) is 11.3 Å². The lowest BCUT2D eigenvalue weighted by Crippen LogP contribution is -2.36. The highest BCUT2D eigenvalue weighted by Gasteiger charge is 2.12. The lowest BCUT2D eigenvalue weighted by atomic mass is 10.1. The molecule has 0 aliphatic carbocycles. The van der Waals surface area contributed by atoms with Crippen molar-refractivity contribution in [2.24, 2.45) is 0 Å². The summed E-state index contributed by atoms with van der Waals surface area (Å²) in [6.45, 7) is 6.89. The largest absolute Gasteiger partial charge is 0.380 e. The Hall–Kier alpha value is -0.900. The lowest BCUT2D eigenvalue weighted by Gasteiger charge is -2.18. The van der Waals surface area contributed by atoms with E-state index in [-0.39, 0.29) is 0 Å². The molecule has 0 spiro atoms. The second-order valence-electron chi connectivity index (χ2n) is 4.77. The SMILES string of the molecule is CCCNC(COCC)Cc1csc2ccccc12. The van der Waals surface area contributed by atoms with Gasteiger partial charge in [0, 0.05) is 17.3 Å². The highest BCUT2D eigenvalue weighted by Crippen LogP contribution is 2.26. The predicted molar refractivity (Wildman–Crippen MR) is 84.1 cm³/mol. The van der Waals surface area contributed by atoms with E-state index in [0.29, 0.717) is 6.04 Å². The molecule has 3 heteroatoms. The molecule has 0 saturated heterocycles. The molecule has 1 N–H and O–H groups in total. The van der Waals surface area contributed by atoms with Crippen LogP contribution >= 0.6 is 11.3 Å². The van der Waals surface area contributed by atoms with Crippen molar-refractivity contribution in [2.75, 3.05) is 19.8 Å². The molecule has 0 saturated carbocycles. The summed E-state index contributed by atoms with van der Waals surface area (Å²) in [5.41, 5.74) is 1.44. The first-order valence-electron chi connectivity index (χ1n) is 7.11. The monoisotopic (exact) mass is 277 g/mol. The molecule has 1 heterocycles. The van der Waals surface area contributed by atoms with Gasteiger partial charge in [0.1, 0.15) is 0 Å². The van der Waals surface area contributed by atoms with Gasteiger partial charge < -0.3 is 10.1 Å². The maximum absolute atomic E-state index is 5.59. The number of hydrogen-bond donors (Lipinski definition) is 1. The van der Waals surface area contributed by atoms with Crippen molar-refractivity contribution in [3.63, 3.8) is 0 Å². The van der Waals surface area contributed by atoms with E-state index in [1.807, 2.05) is 11.3 Å². The van der Waals surface area contributed by atoms with Gasteiger partial charge in [0.2, 0.25) is 0 Å².